The van der Waals surface area contributed by atoms with Gasteiger partial charge in [0.25, 0.3) is 0 Å². The first kappa shape index (κ1) is 18.7. The molecule has 0 saturated heterocycles. The molecule has 0 aliphatic rings. The summed E-state index contributed by atoms with van der Waals surface area (Å²) in [5, 5.41) is 0.680. The summed E-state index contributed by atoms with van der Waals surface area (Å²) in [7, 11) is 2.42. The van der Waals surface area contributed by atoms with Crippen molar-refractivity contribution in [2.75, 3.05) is 6.54 Å². The Kier molecular flexibility index (Phi) is 7.57. The molecule has 0 heterocycles. The molecule has 2 atom stereocenters. The zero-order valence-electron chi connectivity index (χ0n) is 12.7. The molecule has 2 aromatic rings. The van der Waals surface area contributed by atoms with E-state index >= 15 is 0 Å². The van der Waals surface area contributed by atoms with E-state index in [-0.39, 0.29) is 11.7 Å². The second kappa shape index (κ2) is 8.92. The third kappa shape index (κ3) is 5.11. The van der Waals surface area contributed by atoms with Crippen LogP contribution in [0.2, 0.25) is 0 Å². The van der Waals surface area contributed by atoms with Crippen molar-refractivity contribution in [2.45, 2.75) is 26.2 Å². The van der Waals surface area contributed by atoms with Crippen molar-refractivity contribution in [3.8, 4) is 0 Å². The molecule has 0 spiro atoms. The number of hydrogen-bond donors (Lipinski definition) is 1. The standard InChI is InChI=1S/C15H15F3NP.C2H6/c16-11-3-9(4-12(17)7-11)15(1-2-19)10-5-13(18)8-14(20)6-10;1-2/h3-8,15H,1-2,19-20H2;1-2H3. The molecule has 1 nitrogen and oxygen atoms in total. The molecular formula is C17H21F3NP. The second-order valence-corrected chi connectivity index (χ2v) is 5.32. The van der Waals surface area contributed by atoms with Gasteiger partial charge in [0, 0.05) is 12.0 Å². The molecule has 5 heteroatoms. The predicted octanol–water partition coefficient (Wildman–Crippen LogP) is 4.11. The van der Waals surface area contributed by atoms with Crippen molar-refractivity contribution in [3.05, 3.63) is 65.0 Å². The molecule has 0 aliphatic carbocycles. The Morgan fingerprint density at radius 3 is 1.77 bits per heavy atom. The first-order valence-corrected chi connectivity index (χ1v) is 7.79. The molecule has 120 valence electrons. The minimum absolute atomic E-state index is 0.333. The Labute approximate surface area is 131 Å². The Morgan fingerprint density at radius 1 is 0.864 bits per heavy atom. The number of nitrogens with two attached hydrogens (primary N) is 1. The van der Waals surface area contributed by atoms with Crippen molar-refractivity contribution < 1.29 is 13.2 Å². The minimum atomic E-state index is -0.649. The van der Waals surface area contributed by atoms with Crippen LogP contribution in [0.5, 0.6) is 0 Å². The van der Waals surface area contributed by atoms with Gasteiger partial charge in [-0.3, -0.25) is 0 Å². The summed E-state index contributed by atoms with van der Waals surface area (Å²) in [5.74, 6) is -2.01. The number of rotatable bonds is 4. The van der Waals surface area contributed by atoms with E-state index in [0.29, 0.717) is 29.4 Å². The fourth-order valence-electron chi connectivity index (χ4n) is 2.31. The van der Waals surface area contributed by atoms with Crippen molar-refractivity contribution in [1.29, 1.82) is 0 Å². The topological polar surface area (TPSA) is 26.0 Å². The van der Waals surface area contributed by atoms with Gasteiger partial charge in [0.05, 0.1) is 0 Å². The normalized spacial score (nSPS) is 11.6. The molecule has 2 unspecified atom stereocenters. The summed E-state index contributed by atoms with van der Waals surface area (Å²) >= 11 is 0. The van der Waals surface area contributed by atoms with E-state index in [9.17, 15) is 13.2 Å². The van der Waals surface area contributed by atoms with Crippen molar-refractivity contribution >= 4 is 14.5 Å². The monoisotopic (exact) mass is 327 g/mol. The van der Waals surface area contributed by atoms with Gasteiger partial charge in [-0.1, -0.05) is 19.9 Å². The maximum atomic E-state index is 13.5. The van der Waals surface area contributed by atoms with Gasteiger partial charge >= 0.3 is 0 Å². The van der Waals surface area contributed by atoms with Gasteiger partial charge in [0.2, 0.25) is 0 Å². The number of benzene rings is 2. The van der Waals surface area contributed by atoms with E-state index in [4.69, 9.17) is 5.73 Å². The largest absolute Gasteiger partial charge is 0.330 e. The number of hydrogen-bond acceptors (Lipinski definition) is 1. The van der Waals surface area contributed by atoms with Crippen LogP contribution in [0.15, 0.2) is 36.4 Å². The van der Waals surface area contributed by atoms with Crippen LogP contribution in [-0.4, -0.2) is 6.54 Å². The zero-order valence-corrected chi connectivity index (χ0v) is 13.9. The molecule has 0 saturated carbocycles. The van der Waals surface area contributed by atoms with E-state index in [1.54, 1.807) is 6.07 Å². The molecule has 0 radical (unpaired) electrons. The van der Waals surface area contributed by atoms with Crippen molar-refractivity contribution in [2.24, 2.45) is 5.73 Å². The maximum absolute atomic E-state index is 13.5. The summed E-state index contributed by atoms with van der Waals surface area (Å²) in [4.78, 5) is 0. The van der Waals surface area contributed by atoms with Gasteiger partial charge in [0.15, 0.2) is 0 Å². The summed E-state index contributed by atoms with van der Waals surface area (Å²) in [6.07, 6.45) is 0.483. The van der Waals surface area contributed by atoms with Crippen LogP contribution in [0.3, 0.4) is 0 Å². The van der Waals surface area contributed by atoms with Crippen LogP contribution < -0.4 is 11.0 Å². The average Bonchev–Trinajstić information content (AvgIpc) is 2.44. The smallest absolute Gasteiger partial charge is 0.126 e. The van der Waals surface area contributed by atoms with E-state index in [1.165, 1.54) is 24.3 Å². The lowest BCUT2D eigenvalue weighted by Crippen LogP contribution is -2.11. The second-order valence-electron chi connectivity index (χ2n) is 4.65. The maximum Gasteiger partial charge on any atom is 0.126 e. The lowest BCUT2D eigenvalue weighted by molar-refractivity contribution is 0.574. The van der Waals surface area contributed by atoms with Crippen LogP contribution in [0.1, 0.15) is 37.3 Å². The summed E-state index contributed by atoms with van der Waals surface area (Å²) in [6, 6.07) is 7.86. The Morgan fingerprint density at radius 2 is 1.32 bits per heavy atom. The SMILES string of the molecule is CC.NCCC(c1cc(F)cc(F)c1)c1cc(F)cc(P)c1. The van der Waals surface area contributed by atoms with E-state index in [1.807, 2.05) is 13.8 Å². The lowest BCUT2D eigenvalue weighted by Gasteiger charge is -2.18. The fraction of sp³-hybridized carbons (Fsp3) is 0.294. The molecule has 2 aromatic carbocycles. The molecule has 0 aliphatic heterocycles. The van der Waals surface area contributed by atoms with Gasteiger partial charge in [-0.15, -0.1) is 9.24 Å². The molecular weight excluding hydrogens is 306 g/mol. The van der Waals surface area contributed by atoms with Gasteiger partial charge < -0.3 is 5.73 Å². The van der Waals surface area contributed by atoms with Crippen LogP contribution in [0.25, 0.3) is 0 Å². The van der Waals surface area contributed by atoms with Gasteiger partial charge in [-0.05, 0) is 53.7 Å². The van der Waals surface area contributed by atoms with Crippen molar-refractivity contribution in [1.82, 2.24) is 0 Å². The Bertz CT molecular complexity index is 525. The highest BCUT2D eigenvalue weighted by Gasteiger charge is 2.16. The van der Waals surface area contributed by atoms with E-state index in [2.05, 4.69) is 9.24 Å². The quantitative estimate of drug-likeness (QED) is 0.840. The molecule has 2 N–H and O–H groups in total. The minimum Gasteiger partial charge on any atom is -0.330 e. The summed E-state index contributed by atoms with van der Waals surface area (Å²) in [5.41, 5.74) is 6.69. The van der Waals surface area contributed by atoms with Crippen LogP contribution in [0, 0.1) is 17.5 Å². The third-order valence-electron chi connectivity index (χ3n) is 3.09. The first-order chi connectivity index (χ1) is 10.5. The molecule has 0 bridgehead atoms. The molecule has 0 aromatic heterocycles. The summed E-state index contributed by atoms with van der Waals surface area (Å²) < 4.78 is 40.2. The molecule has 22 heavy (non-hydrogen) atoms. The highest BCUT2D eigenvalue weighted by atomic mass is 31.0. The molecule has 2 rings (SSSR count). The summed E-state index contributed by atoms with van der Waals surface area (Å²) in [6.45, 7) is 4.34. The Hall–Kier alpha value is -1.38. The zero-order chi connectivity index (χ0) is 16.7. The predicted molar refractivity (Wildman–Crippen MR) is 89.0 cm³/mol. The molecule has 0 amide bonds. The highest BCUT2D eigenvalue weighted by Crippen LogP contribution is 2.29. The van der Waals surface area contributed by atoms with Crippen LogP contribution in [-0.2, 0) is 0 Å². The van der Waals surface area contributed by atoms with Crippen LogP contribution in [0.4, 0.5) is 13.2 Å². The lowest BCUT2D eigenvalue weighted by atomic mass is 9.88. The van der Waals surface area contributed by atoms with Gasteiger partial charge in [0.1, 0.15) is 17.5 Å². The van der Waals surface area contributed by atoms with Crippen molar-refractivity contribution in [3.63, 3.8) is 0 Å². The molecule has 0 fully saturated rings. The average molecular weight is 327 g/mol. The first-order valence-electron chi connectivity index (χ1n) is 7.21. The van der Waals surface area contributed by atoms with Gasteiger partial charge in [-0.2, -0.15) is 0 Å². The highest BCUT2D eigenvalue weighted by molar-refractivity contribution is 7.27. The van der Waals surface area contributed by atoms with E-state index < -0.39 is 11.6 Å². The van der Waals surface area contributed by atoms with Crippen LogP contribution >= 0.6 is 9.24 Å². The Balaban J connectivity index is 0.00000116. The van der Waals surface area contributed by atoms with E-state index in [0.717, 1.165) is 6.07 Å². The third-order valence-corrected chi connectivity index (χ3v) is 3.42. The number of halogens is 3. The fourth-order valence-corrected chi connectivity index (χ4v) is 2.66. The van der Waals surface area contributed by atoms with Gasteiger partial charge in [-0.25, -0.2) is 13.2 Å².